The number of aromatic nitrogens is 3. The molecule has 0 radical (unpaired) electrons. The lowest BCUT2D eigenvalue weighted by Crippen LogP contribution is -2.73. The topological polar surface area (TPSA) is 105 Å². The van der Waals surface area contributed by atoms with Crippen LogP contribution in [0.15, 0.2) is 24.5 Å². The summed E-state index contributed by atoms with van der Waals surface area (Å²) in [6.07, 6.45) is 6.95. The van der Waals surface area contributed by atoms with Crippen LogP contribution in [0.1, 0.15) is 60.7 Å². The molecule has 10 nitrogen and oxygen atoms in total. The molecular formula is C27H37N7O3. The Morgan fingerprint density at radius 2 is 1.95 bits per heavy atom. The van der Waals surface area contributed by atoms with Gasteiger partial charge in [0.25, 0.3) is 0 Å². The minimum absolute atomic E-state index is 0.00560. The molecule has 2 aromatic heterocycles. The number of hydrazine groups is 1. The van der Waals surface area contributed by atoms with Crippen molar-refractivity contribution in [3.8, 4) is 0 Å². The summed E-state index contributed by atoms with van der Waals surface area (Å²) in [7, 11) is 1.44. The van der Waals surface area contributed by atoms with Crippen LogP contribution in [0.3, 0.4) is 0 Å². The van der Waals surface area contributed by atoms with E-state index >= 15 is 0 Å². The molecule has 0 bridgehead atoms. The summed E-state index contributed by atoms with van der Waals surface area (Å²) >= 11 is 0. The normalized spacial score (nSPS) is 28.9. The molecule has 6 rings (SSSR count). The molecule has 37 heavy (non-hydrogen) atoms. The van der Waals surface area contributed by atoms with Gasteiger partial charge in [0.1, 0.15) is 5.82 Å². The van der Waals surface area contributed by atoms with Crippen LogP contribution < -0.4 is 15.8 Å². The molecule has 2 aromatic rings. The van der Waals surface area contributed by atoms with E-state index in [-0.39, 0.29) is 29.8 Å². The van der Waals surface area contributed by atoms with Crippen molar-refractivity contribution in [2.45, 2.75) is 64.3 Å². The Morgan fingerprint density at radius 3 is 2.65 bits per heavy atom. The highest BCUT2D eigenvalue weighted by Crippen LogP contribution is 2.43. The summed E-state index contributed by atoms with van der Waals surface area (Å²) in [4.78, 5) is 20.5. The summed E-state index contributed by atoms with van der Waals surface area (Å²) in [5.74, 6) is 1.45. The predicted molar refractivity (Wildman–Crippen MR) is 138 cm³/mol. The van der Waals surface area contributed by atoms with E-state index in [0.717, 1.165) is 68.1 Å². The third-order valence-corrected chi connectivity index (χ3v) is 8.77. The van der Waals surface area contributed by atoms with Gasteiger partial charge in [-0.3, -0.25) is 5.43 Å². The molecule has 5 atom stereocenters. The zero-order valence-electron chi connectivity index (χ0n) is 22.1. The maximum Gasteiger partial charge on any atom is 0.409 e. The van der Waals surface area contributed by atoms with E-state index in [1.54, 1.807) is 4.90 Å². The SMILES string of the molecule is COC(=O)N1CC2(C1)CN(c1ccc(C3NNC4CCC(O[C@@H](C)c5c(C)cnnc5C)CC43)cn1)C2. The number of fused-ring (bicyclic) bond motifs is 1. The van der Waals surface area contributed by atoms with E-state index in [9.17, 15) is 4.79 Å². The molecule has 0 aromatic carbocycles. The molecule has 4 fully saturated rings. The van der Waals surface area contributed by atoms with Crippen LogP contribution >= 0.6 is 0 Å². The number of nitrogens with zero attached hydrogens (tertiary/aromatic N) is 5. The number of hydrogen-bond acceptors (Lipinski definition) is 9. The highest BCUT2D eigenvalue weighted by molar-refractivity contribution is 5.69. The Labute approximate surface area is 218 Å². The molecule has 4 unspecified atom stereocenters. The first-order chi connectivity index (χ1) is 17.9. The van der Waals surface area contributed by atoms with Crippen molar-refractivity contribution < 1.29 is 14.3 Å². The standard InChI is InChI=1S/C27H37N7O3/c1-16-10-29-30-17(2)24(16)18(3)37-20-6-7-22-21(9-20)25(32-31-22)19-5-8-23(28-11-19)33-12-27(13-33)14-34(15-27)26(35)36-4/h5,8,10-11,18,20-22,25,31-32H,6-7,9,12-15H2,1-4H3/t18-,20?,21?,22?,25?/m0/s1. The lowest BCUT2D eigenvalue weighted by Gasteiger charge is -2.59. The molecule has 10 heteroatoms. The zero-order chi connectivity index (χ0) is 25.7. The second kappa shape index (κ2) is 9.49. The molecule has 1 aliphatic carbocycles. The number of amides is 1. The van der Waals surface area contributed by atoms with Crippen LogP contribution in [0.5, 0.6) is 0 Å². The maximum absolute atomic E-state index is 11.7. The quantitative estimate of drug-likeness (QED) is 0.632. The van der Waals surface area contributed by atoms with Crippen LogP contribution in [-0.4, -0.2) is 71.6 Å². The number of likely N-dealkylation sites (tertiary alicyclic amines) is 1. The monoisotopic (exact) mass is 507 g/mol. The van der Waals surface area contributed by atoms with Crippen molar-refractivity contribution in [2.75, 3.05) is 38.2 Å². The van der Waals surface area contributed by atoms with E-state index in [0.29, 0.717) is 12.0 Å². The van der Waals surface area contributed by atoms with Gasteiger partial charge in [0.2, 0.25) is 0 Å². The van der Waals surface area contributed by atoms with Crippen LogP contribution in [0.25, 0.3) is 0 Å². The molecule has 3 aliphatic heterocycles. The van der Waals surface area contributed by atoms with Gasteiger partial charge in [-0.05, 0) is 63.1 Å². The summed E-state index contributed by atoms with van der Waals surface area (Å²) in [6.45, 7) is 9.63. The minimum Gasteiger partial charge on any atom is -0.453 e. The van der Waals surface area contributed by atoms with Gasteiger partial charge in [-0.2, -0.15) is 10.2 Å². The lowest BCUT2D eigenvalue weighted by molar-refractivity contribution is -0.0377. The number of aryl methyl sites for hydroxylation is 2. The molecular weight excluding hydrogens is 470 g/mol. The van der Waals surface area contributed by atoms with Gasteiger partial charge >= 0.3 is 6.09 Å². The van der Waals surface area contributed by atoms with E-state index < -0.39 is 0 Å². The first kappa shape index (κ1) is 24.5. The minimum atomic E-state index is -0.230. The Bertz CT molecular complexity index is 1120. The Morgan fingerprint density at radius 1 is 1.14 bits per heavy atom. The van der Waals surface area contributed by atoms with Gasteiger partial charge in [0.15, 0.2) is 0 Å². The second-order valence-corrected chi connectivity index (χ2v) is 11.4. The number of rotatable bonds is 5. The first-order valence-electron chi connectivity index (χ1n) is 13.3. The Kier molecular flexibility index (Phi) is 6.29. The van der Waals surface area contributed by atoms with Crippen molar-refractivity contribution in [2.24, 2.45) is 11.3 Å². The number of carbonyl (C=O) groups excluding carboxylic acids is 1. The van der Waals surface area contributed by atoms with Gasteiger partial charge in [0, 0.05) is 49.4 Å². The first-order valence-corrected chi connectivity index (χ1v) is 13.3. The fourth-order valence-corrected chi connectivity index (χ4v) is 6.97. The van der Waals surface area contributed by atoms with Crippen molar-refractivity contribution in [1.82, 2.24) is 30.9 Å². The van der Waals surface area contributed by atoms with Crippen molar-refractivity contribution in [1.29, 1.82) is 0 Å². The largest absolute Gasteiger partial charge is 0.453 e. The van der Waals surface area contributed by atoms with Crippen LogP contribution in [0.4, 0.5) is 10.6 Å². The highest BCUT2D eigenvalue weighted by atomic mass is 16.5. The molecule has 2 N–H and O–H groups in total. The summed E-state index contributed by atoms with van der Waals surface area (Å²) in [6, 6.07) is 4.99. The molecule has 198 valence electrons. The lowest BCUT2D eigenvalue weighted by atomic mass is 9.73. The number of pyridine rings is 1. The molecule has 4 aliphatic rings. The second-order valence-electron chi connectivity index (χ2n) is 11.4. The summed E-state index contributed by atoms with van der Waals surface area (Å²) in [5.41, 5.74) is 11.7. The van der Waals surface area contributed by atoms with Gasteiger partial charge in [0.05, 0.1) is 37.3 Å². The van der Waals surface area contributed by atoms with E-state index in [4.69, 9.17) is 14.5 Å². The van der Waals surface area contributed by atoms with E-state index in [2.05, 4.69) is 51.9 Å². The van der Waals surface area contributed by atoms with Gasteiger partial charge in [-0.15, -0.1) is 0 Å². The van der Waals surface area contributed by atoms with Crippen molar-refractivity contribution in [3.05, 3.63) is 46.9 Å². The van der Waals surface area contributed by atoms with Gasteiger partial charge < -0.3 is 19.3 Å². The van der Waals surface area contributed by atoms with Crippen molar-refractivity contribution in [3.63, 3.8) is 0 Å². The Balaban J connectivity index is 1.06. The maximum atomic E-state index is 11.7. The fourth-order valence-electron chi connectivity index (χ4n) is 6.97. The number of nitrogens with one attached hydrogen (secondary N) is 2. The summed E-state index contributed by atoms with van der Waals surface area (Å²) in [5, 5.41) is 8.30. The van der Waals surface area contributed by atoms with E-state index in [1.807, 2.05) is 19.3 Å². The van der Waals surface area contributed by atoms with Crippen LogP contribution in [-0.2, 0) is 9.47 Å². The highest BCUT2D eigenvalue weighted by Gasteiger charge is 2.54. The number of ether oxygens (including phenoxy) is 2. The van der Waals surface area contributed by atoms with Crippen molar-refractivity contribution >= 4 is 11.9 Å². The molecule has 1 saturated carbocycles. The average molecular weight is 508 g/mol. The predicted octanol–water partition coefficient (Wildman–Crippen LogP) is 2.84. The van der Waals surface area contributed by atoms with Crippen LogP contribution in [0, 0.1) is 25.2 Å². The molecule has 3 saturated heterocycles. The number of hydrogen-bond donors (Lipinski definition) is 2. The van der Waals surface area contributed by atoms with Gasteiger partial charge in [-0.1, -0.05) is 6.07 Å². The molecule has 5 heterocycles. The van der Waals surface area contributed by atoms with E-state index in [1.165, 1.54) is 12.7 Å². The average Bonchev–Trinajstić information content (AvgIpc) is 3.25. The molecule has 1 spiro atoms. The number of methoxy groups -OCH3 is 1. The number of carbonyl (C=O) groups is 1. The fraction of sp³-hybridized carbons (Fsp3) is 0.630. The third kappa shape index (κ3) is 4.45. The smallest absolute Gasteiger partial charge is 0.409 e. The Hall–Kier alpha value is -2.82. The van der Waals surface area contributed by atoms with Gasteiger partial charge in [-0.25, -0.2) is 15.2 Å². The molecule has 1 amide bonds. The zero-order valence-corrected chi connectivity index (χ0v) is 22.1. The summed E-state index contributed by atoms with van der Waals surface area (Å²) < 4.78 is 11.4. The third-order valence-electron chi connectivity index (χ3n) is 8.77. The van der Waals surface area contributed by atoms with Crippen LogP contribution in [0.2, 0.25) is 0 Å². The number of anilines is 1.